The van der Waals surface area contributed by atoms with Gasteiger partial charge in [-0.05, 0) is 18.4 Å². The maximum atomic E-state index is 13.0. The van der Waals surface area contributed by atoms with E-state index in [1.54, 1.807) is 12.1 Å². The highest BCUT2D eigenvalue weighted by atomic mass is 16.6. The summed E-state index contributed by atoms with van der Waals surface area (Å²) in [6.45, 7) is 0.938. The Hall–Kier alpha value is -1.92. The highest BCUT2D eigenvalue weighted by Crippen LogP contribution is 2.42. The highest BCUT2D eigenvalue weighted by molar-refractivity contribution is 5.81. The van der Waals surface area contributed by atoms with E-state index in [1.165, 1.54) is 0 Å². The number of likely N-dealkylation sites (N-methyl/N-ethyl adjacent to an activating group) is 1. The summed E-state index contributed by atoms with van der Waals surface area (Å²) < 4.78 is 5.99. The van der Waals surface area contributed by atoms with E-state index in [0.717, 1.165) is 25.7 Å². The Labute approximate surface area is 154 Å². The Bertz CT molecular complexity index is 657. The van der Waals surface area contributed by atoms with Crippen LogP contribution in [0.1, 0.15) is 37.7 Å². The number of hydrogen-bond acceptors (Lipinski definition) is 5. The molecule has 3 atom stereocenters. The Kier molecular flexibility index (Phi) is 5.34. The molecule has 1 aliphatic carbocycles. The number of rotatable bonds is 6. The third-order valence-electron chi connectivity index (χ3n) is 5.89. The molecule has 1 aromatic carbocycles. The molecule has 0 bridgehead atoms. The van der Waals surface area contributed by atoms with Crippen molar-refractivity contribution >= 4 is 11.9 Å². The molecular weight excluding hydrogens is 334 g/mol. The summed E-state index contributed by atoms with van der Waals surface area (Å²) in [5.74, 6) is -1.86. The van der Waals surface area contributed by atoms with Crippen molar-refractivity contribution < 1.29 is 29.0 Å². The van der Waals surface area contributed by atoms with Crippen molar-refractivity contribution in [3.8, 4) is 0 Å². The summed E-state index contributed by atoms with van der Waals surface area (Å²) in [4.78, 5) is 24.0. The minimum Gasteiger partial charge on any atom is -0.544 e. The molecular formula is C20H27NO5. The summed E-state index contributed by atoms with van der Waals surface area (Å²) in [5.41, 5.74) is -1.07. The van der Waals surface area contributed by atoms with Gasteiger partial charge in [0.15, 0.2) is 11.7 Å². The molecule has 0 spiro atoms. The lowest BCUT2D eigenvalue weighted by Crippen LogP contribution is -2.51. The first kappa shape index (κ1) is 18.9. The van der Waals surface area contributed by atoms with Crippen LogP contribution in [0.3, 0.4) is 0 Å². The number of benzene rings is 1. The lowest BCUT2D eigenvalue weighted by Gasteiger charge is -2.33. The topological polar surface area (TPSA) is 86.7 Å². The first-order valence-electron chi connectivity index (χ1n) is 9.36. The predicted octanol–water partition coefficient (Wildman–Crippen LogP) is 0.576. The van der Waals surface area contributed by atoms with Gasteiger partial charge in [0.1, 0.15) is 13.1 Å². The molecule has 1 aromatic rings. The second-order valence-electron chi connectivity index (χ2n) is 7.99. The van der Waals surface area contributed by atoms with Gasteiger partial charge in [-0.1, -0.05) is 43.2 Å². The van der Waals surface area contributed by atoms with E-state index in [0.29, 0.717) is 25.1 Å². The summed E-state index contributed by atoms with van der Waals surface area (Å²) in [5, 5.41) is 22.3. The number of ether oxygens (including phenoxy) is 1. The number of carbonyl (C=O) groups excluding carboxylic acids is 2. The molecule has 1 heterocycles. The van der Waals surface area contributed by atoms with Crippen molar-refractivity contribution in [2.75, 3.05) is 26.7 Å². The number of esters is 1. The maximum absolute atomic E-state index is 13.0. The molecule has 1 unspecified atom stereocenters. The Morgan fingerprint density at radius 1 is 1.23 bits per heavy atom. The number of carboxylic acids is 1. The predicted molar refractivity (Wildman–Crippen MR) is 92.6 cm³/mol. The monoisotopic (exact) mass is 361 g/mol. The second kappa shape index (κ2) is 7.37. The van der Waals surface area contributed by atoms with E-state index >= 15 is 0 Å². The van der Waals surface area contributed by atoms with Crippen molar-refractivity contribution in [1.29, 1.82) is 0 Å². The van der Waals surface area contributed by atoms with Crippen molar-refractivity contribution in [2.45, 2.75) is 43.8 Å². The van der Waals surface area contributed by atoms with Crippen LogP contribution < -0.4 is 5.11 Å². The minimum absolute atomic E-state index is 0.0976. The molecule has 0 amide bonds. The van der Waals surface area contributed by atoms with E-state index in [4.69, 9.17) is 4.74 Å². The lowest BCUT2D eigenvalue weighted by atomic mass is 9.80. The Balaban J connectivity index is 1.76. The largest absolute Gasteiger partial charge is 0.544 e. The zero-order chi connectivity index (χ0) is 18.8. The van der Waals surface area contributed by atoms with Gasteiger partial charge in [-0.25, -0.2) is 4.79 Å². The standard InChI is InChI=1S/C20H27NO5/c1-21(14-18(22)23)12-11-17(13-21)26-19(24)20(25,16-9-5-6-10-16)15-7-3-2-4-8-15/h2-4,7-8,16-17,25H,5-6,9-14H2,1H3/t17-,20?,21-/m1/s1. The quantitative estimate of drug-likeness (QED) is 0.592. The number of aliphatic hydroxyl groups is 1. The average molecular weight is 361 g/mol. The van der Waals surface area contributed by atoms with Crippen LogP contribution in [0.25, 0.3) is 0 Å². The smallest absolute Gasteiger partial charge is 0.343 e. The third kappa shape index (κ3) is 3.76. The van der Waals surface area contributed by atoms with Gasteiger partial charge in [0.05, 0.1) is 19.6 Å². The van der Waals surface area contributed by atoms with Crippen LogP contribution in [-0.2, 0) is 19.9 Å². The van der Waals surface area contributed by atoms with Crippen LogP contribution in [0.15, 0.2) is 30.3 Å². The Morgan fingerprint density at radius 2 is 1.88 bits per heavy atom. The highest BCUT2D eigenvalue weighted by Gasteiger charge is 2.49. The number of carboxylic acid groups (broad SMARTS) is 1. The van der Waals surface area contributed by atoms with Crippen LogP contribution in [0.5, 0.6) is 0 Å². The maximum Gasteiger partial charge on any atom is 0.343 e. The van der Waals surface area contributed by atoms with Gasteiger partial charge in [-0.2, -0.15) is 0 Å². The molecule has 3 rings (SSSR count). The summed E-state index contributed by atoms with van der Waals surface area (Å²) in [7, 11) is 1.82. The van der Waals surface area contributed by atoms with Crippen molar-refractivity contribution in [3.05, 3.63) is 35.9 Å². The fraction of sp³-hybridized carbons (Fsp3) is 0.600. The van der Waals surface area contributed by atoms with Crippen LogP contribution in [0.4, 0.5) is 0 Å². The van der Waals surface area contributed by atoms with Gasteiger partial charge < -0.3 is 24.2 Å². The van der Waals surface area contributed by atoms with Crippen molar-refractivity contribution in [1.82, 2.24) is 0 Å². The molecule has 142 valence electrons. The number of carbonyl (C=O) groups is 2. The zero-order valence-corrected chi connectivity index (χ0v) is 15.2. The summed E-state index contributed by atoms with van der Waals surface area (Å²) in [6.07, 6.45) is 3.79. The number of likely N-dealkylation sites (tertiary alicyclic amines) is 1. The molecule has 2 aliphatic rings. The van der Waals surface area contributed by atoms with Crippen LogP contribution in [0, 0.1) is 5.92 Å². The number of aliphatic carboxylic acids is 1. The number of quaternary nitrogens is 1. The summed E-state index contributed by atoms with van der Waals surface area (Å²) in [6, 6.07) is 9.01. The fourth-order valence-electron chi connectivity index (χ4n) is 4.48. The van der Waals surface area contributed by atoms with Crippen molar-refractivity contribution in [3.63, 3.8) is 0 Å². The number of hydrogen-bond donors (Lipinski definition) is 1. The van der Waals surface area contributed by atoms with E-state index < -0.39 is 17.5 Å². The first-order chi connectivity index (χ1) is 12.3. The van der Waals surface area contributed by atoms with Gasteiger partial charge in [0, 0.05) is 12.3 Å². The molecule has 6 nitrogen and oxygen atoms in total. The zero-order valence-electron chi connectivity index (χ0n) is 15.2. The van der Waals surface area contributed by atoms with Crippen molar-refractivity contribution in [2.24, 2.45) is 5.92 Å². The number of nitrogens with zero attached hydrogens (tertiary/aromatic N) is 1. The fourth-order valence-corrected chi connectivity index (χ4v) is 4.48. The molecule has 2 fully saturated rings. The molecule has 1 N–H and O–H groups in total. The van der Waals surface area contributed by atoms with Gasteiger partial charge >= 0.3 is 5.97 Å². The summed E-state index contributed by atoms with van der Waals surface area (Å²) >= 11 is 0. The van der Waals surface area contributed by atoms with Crippen LogP contribution in [0.2, 0.25) is 0 Å². The van der Waals surface area contributed by atoms with Gasteiger partial charge in [0.2, 0.25) is 0 Å². The van der Waals surface area contributed by atoms with E-state index in [2.05, 4.69) is 0 Å². The van der Waals surface area contributed by atoms with E-state index in [1.807, 2.05) is 25.2 Å². The normalized spacial score (nSPS) is 28.6. The minimum atomic E-state index is -1.64. The van der Waals surface area contributed by atoms with Crippen LogP contribution in [-0.4, -0.2) is 54.3 Å². The third-order valence-corrected chi connectivity index (χ3v) is 5.89. The molecule has 1 aliphatic heterocycles. The Morgan fingerprint density at radius 3 is 2.50 bits per heavy atom. The molecule has 26 heavy (non-hydrogen) atoms. The molecule has 1 saturated carbocycles. The van der Waals surface area contributed by atoms with Gasteiger partial charge in [-0.15, -0.1) is 0 Å². The lowest BCUT2D eigenvalue weighted by molar-refractivity contribution is -0.893. The van der Waals surface area contributed by atoms with Gasteiger partial charge in [0.25, 0.3) is 0 Å². The van der Waals surface area contributed by atoms with E-state index in [9.17, 15) is 19.8 Å². The molecule has 0 radical (unpaired) electrons. The molecule has 6 heteroatoms. The second-order valence-corrected chi connectivity index (χ2v) is 7.99. The average Bonchev–Trinajstić information content (AvgIpc) is 3.25. The van der Waals surface area contributed by atoms with Crippen LogP contribution >= 0.6 is 0 Å². The SMILES string of the molecule is C[N@@+]1(CC(=O)[O-])CC[C@@H](OC(=O)C(O)(c2ccccc2)C2CCCC2)C1. The van der Waals surface area contributed by atoms with E-state index in [-0.39, 0.29) is 23.0 Å². The molecule has 0 aromatic heterocycles. The molecule has 1 saturated heterocycles. The van der Waals surface area contributed by atoms with Gasteiger partial charge in [-0.3, -0.25) is 0 Å². The first-order valence-corrected chi connectivity index (χ1v) is 9.36.